The monoisotopic (exact) mass is 743 g/mol. The van der Waals surface area contributed by atoms with Gasteiger partial charge in [0, 0.05) is 49.4 Å². The summed E-state index contributed by atoms with van der Waals surface area (Å²) in [7, 11) is 0. The lowest BCUT2D eigenvalue weighted by Gasteiger charge is -2.26. The van der Waals surface area contributed by atoms with Crippen LogP contribution in [-0.2, 0) is 0 Å². The Bertz CT molecular complexity index is 3500. The van der Waals surface area contributed by atoms with E-state index in [1.807, 2.05) is 36.4 Å². The van der Waals surface area contributed by atoms with Gasteiger partial charge < -0.3 is 18.2 Å². The van der Waals surface area contributed by atoms with Gasteiger partial charge in [0.1, 0.15) is 33.5 Å². The fraction of sp³-hybridized carbons (Fsp3) is 0. The summed E-state index contributed by atoms with van der Waals surface area (Å²) in [6.45, 7) is 0. The SMILES string of the molecule is c1ccc(-c2cccc(N(c3ccc(-c4ccc5c(c4)oc4ccccc45)cc3)c3ccc(-c4ccc5c(c4)oc4ccc6oc7ccccc7c6c45)cc3)c2)cc1. The van der Waals surface area contributed by atoms with Crippen molar-refractivity contribution in [2.45, 2.75) is 0 Å². The van der Waals surface area contributed by atoms with Crippen LogP contribution in [0.5, 0.6) is 0 Å². The maximum Gasteiger partial charge on any atom is 0.136 e. The van der Waals surface area contributed by atoms with E-state index in [2.05, 4.69) is 169 Å². The van der Waals surface area contributed by atoms with E-state index in [0.717, 1.165) is 111 Å². The summed E-state index contributed by atoms with van der Waals surface area (Å²) in [6, 6.07) is 70.4. The van der Waals surface area contributed by atoms with Crippen LogP contribution in [0.25, 0.3) is 99.2 Å². The molecule has 272 valence electrons. The van der Waals surface area contributed by atoms with E-state index >= 15 is 0 Å². The molecule has 9 aromatic carbocycles. The van der Waals surface area contributed by atoms with Crippen molar-refractivity contribution in [3.63, 3.8) is 0 Å². The Balaban J connectivity index is 0.924. The zero-order valence-electron chi connectivity index (χ0n) is 31.2. The fourth-order valence-corrected chi connectivity index (χ4v) is 8.68. The summed E-state index contributed by atoms with van der Waals surface area (Å²) >= 11 is 0. The smallest absolute Gasteiger partial charge is 0.136 e. The lowest BCUT2D eigenvalue weighted by Crippen LogP contribution is -2.10. The zero-order valence-corrected chi connectivity index (χ0v) is 31.2. The molecule has 3 aromatic heterocycles. The number of nitrogens with zero attached hydrogens (tertiary/aromatic N) is 1. The van der Waals surface area contributed by atoms with Gasteiger partial charge in [0.05, 0.1) is 0 Å². The number of fused-ring (bicyclic) bond motifs is 10. The molecule has 58 heavy (non-hydrogen) atoms. The van der Waals surface area contributed by atoms with E-state index in [9.17, 15) is 0 Å². The third-order valence-corrected chi connectivity index (χ3v) is 11.5. The van der Waals surface area contributed by atoms with Gasteiger partial charge >= 0.3 is 0 Å². The Morgan fingerprint density at radius 1 is 0.241 bits per heavy atom. The second-order valence-corrected chi connectivity index (χ2v) is 14.9. The Morgan fingerprint density at radius 3 is 1.34 bits per heavy atom. The predicted octanol–water partition coefficient (Wildman–Crippen LogP) is 15.9. The van der Waals surface area contributed by atoms with E-state index in [-0.39, 0.29) is 0 Å². The van der Waals surface area contributed by atoms with Crippen LogP contribution in [0.15, 0.2) is 213 Å². The molecule has 0 aliphatic carbocycles. The highest BCUT2D eigenvalue weighted by Crippen LogP contribution is 2.42. The van der Waals surface area contributed by atoms with Crippen molar-refractivity contribution in [1.29, 1.82) is 0 Å². The normalized spacial score (nSPS) is 11.8. The molecule has 0 fully saturated rings. The van der Waals surface area contributed by atoms with Crippen LogP contribution in [0.3, 0.4) is 0 Å². The molecule has 0 bridgehead atoms. The molecular formula is C54H33NO3. The van der Waals surface area contributed by atoms with Crippen molar-refractivity contribution in [3.8, 4) is 33.4 Å². The maximum atomic E-state index is 6.49. The molecule has 0 aliphatic rings. The van der Waals surface area contributed by atoms with Gasteiger partial charge in [-0.3, -0.25) is 0 Å². The average Bonchev–Trinajstić information content (AvgIpc) is 3.98. The summed E-state index contributed by atoms with van der Waals surface area (Å²) < 4.78 is 18.9. The topological polar surface area (TPSA) is 42.7 Å². The minimum absolute atomic E-state index is 0.855. The molecule has 0 atom stereocenters. The summed E-state index contributed by atoms with van der Waals surface area (Å²) in [6.07, 6.45) is 0. The minimum Gasteiger partial charge on any atom is -0.456 e. The molecular weight excluding hydrogens is 711 g/mol. The molecule has 0 amide bonds. The number of anilines is 3. The summed E-state index contributed by atoms with van der Waals surface area (Å²) in [5.74, 6) is 0. The standard InChI is InChI=1S/C54H33NO3/c1-2-9-34(10-3-1)37-11-8-12-42(31-37)55(40-23-17-35(18-24-40)38-21-27-44-43-13-4-6-15-47(43)57-51(44)32-38)41-25-19-36(20-26-41)39-22-28-46-52(33-39)58-50-30-29-49-53(54(46)50)45-14-5-7-16-48(45)56-49/h1-33H. The molecule has 0 saturated heterocycles. The molecule has 0 aliphatic heterocycles. The fourth-order valence-electron chi connectivity index (χ4n) is 8.68. The van der Waals surface area contributed by atoms with Gasteiger partial charge in [-0.15, -0.1) is 0 Å². The average molecular weight is 744 g/mol. The van der Waals surface area contributed by atoms with Crippen LogP contribution < -0.4 is 4.90 Å². The first kappa shape index (κ1) is 32.4. The molecule has 0 unspecified atom stereocenters. The molecule has 4 heteroatoms. The highest BCUT2D eigenvalue weighted by molar-refractivity contribution is 6.25. The number of furan rings is 3. The van der Waals surface area contributed by atoms with Crippen LogP contribution in [0.2, 0.25) is 0 Å². The van der Waals surface area contributed by atoms with Crippen molar-refractivity contribution >= 4 is 82.9 Å². The largest absolute Gasteiger partial charge is 0.456 e. The van der Waals surface area contributed by atoms with Crippen molar-refractivity contribution in [2.24, 2.45) is 0 Å². The third-order valence-electron chi connectivity index (χ3n) is 11.5. The Hall–Kier alpha value is -7.82. The quantitative estimate of drug-likeness (QED) is 0.170. The van der Waals surface area contributed by atoms with E-state index in [1.54, 1.807) is 0 Å². The molecule has 0 spiro atoms. The van der Waals surface area contributed by atoms with Crippen LogP contribution in [0, 0.1) is 0 Å². The number of rotatable bonds is 6. The number of benzene rings is 9. The van der Waals surface area contributed by atoms with Crippen LogP contribution in [0.1, 0.15) is 0 Å². The second kappa shape index (κ2) is 12.9. The van der Waals surface area contributed by atoms with Crippen molar-refractivity contribution in [2.75, 3.05) is 4.90 Å². The molecule has 4 nitrogen and oxygen atoms in total. The van der Waals surface area contributed by atoms with Gasteiger partial charge in [-0.2, -0.15) is 0 Å². The van der Waals surface area contributed by atoms with Crippen LogP contribution >= 0.6 is 0 Å². The van der Waals surface area contributed by atoms with Crippen LogP contribution in [0.4, 0.5) is 17.1 Å². The molecule has 0 radical (unpaired) electrons. The Labute approximate surface area is 333 Å². The lowest BCUT2D eigenvalue weighted by molar-refractivity contribution is 0.663. The van der Waals surface area contributed by atoms with Gasteiger partial charge in [-0.05, 0) is 118 Å². The minimum atomic E-state index is 0.855. The summed E-state index contributed by atoms with van der Waals surface area (Å²) in [5, 5.41) is 6.64. The zero-order chi connectivity index (χ0) is 38.2. The highest BCUT2D eigenvalue weighted by Gasteiger charge is 2.18. The number of para-hydroxylation sites is 2. The molecule has 12 aromatic rings. The van der Waals surface area contributed by atoms with Gasteiger partial charge in [0.15, 0.2) is 0 Å². The maximum absolute atomic E-state index is 6.49. The van der Waals surface area contributed by atoms with Crippen molar-refractivity contribution in [3.05, 3.63) is 200 Å². The first-order chi connectivity index (χ1) is 28.7. The lowest BCUT2D eigenvalue weighted by atomic mass is 10.0. The summed E-state index contributed by atoms with van der Waals surface area (Å²) in [5.41, 5.74) is 15.3. The summed E-state index contributed by atoms with van der Waals surface area (Å²) in [4.78, 5) is 2.32. The van der Waals surface area contributed by atoms with Crippen molar-refractivity contribution < 1.29 is 13.3 Å². The van der Waals surface area contributed by atoms with E-state index in [0.29, 0.717) is 0 Å². The predicted molar refractivity (Wildman–Crippen MR) is 239 cm³/mol. The van der Waals surface area contributed by atoms with Crippen LogP contribution in [-0.4, -0.2) is 0 Å². The molecule has 12 rings (SSSR count). The molecule has 0 N–H and O–H groups in total. The van der Waals surface area contributed by atoms with E-state index in [1.165, 1.54) is 5.56 Å². The van der Waals surface area contributed by atoms with Gasteiger partial charge in [0.2, 0.25) is 0 Å². The molecule has 0 saturated carbocycles. The highest BCUT2D eigenvalue weighted by atomic mass is 16.3. The molecule has 3 heterocycles. The van der Waals surface area contributed by atoms with Gasteiger partial charge in [-0.25, -0.2) is 0 Å². The third kappa shape index (κ3) is 5.23. The van der Waals surface area contributed by atoms with Crippen molar-refractivity contribution in [1.82, 2.24) is 0 Å². The van der Waals surface area contributed by atoms with E-state index < -0.39 is 0 Å². The first-order valence-electron chi connectivity index (χ1n) is 19.6. The van der Waals surface area contributed by atoms with Gasteiger partial charge in [0.25, 0.3) is 0 Å². The van der Waals surface area contributed by atoms with Gasteiger partial charge in [-0.1, -0.05) is 115 Å². The first-order valence-corrected chi connectivity index (χ1v) is 19.6. The number of hydrogen-bond donors (Lipinski definition) is 0. The second-order valence-electron chi connectivity index (χ2n) is 14.9. The Morgan fingerprint density at radius 2 is 0.672 bits per heavy atom. The van der Waals surface area contributed by atoms with E-state index in [4.69, 9.17) is 13.3 Å². The number of hydrogen-bond acceptors (Lipinski definition) is 4. The Kier molecular flexibility index (Phi) is 7.20.